The molecule has 0 saturated heterocycles. The number of hydrogen-bond donors (Lipinski definition) is 0. The van der Waals surface area contributed by atoms with Crippen LogP contribution in [-0.4, -0.2) is 7.11 Å². The standard InChI is InChI=1S/C13H13O5P/c1-15-17-19(14,13-10-6-3-7-11-13)18-16-12-8-4-2-5-9-12/h2-11H,1H3. The fourth-order valence-corrected chi connectivity index (χ4v) is 2.49. The number of para-hydroxylation sites is 1. The summed E-state index contributed by atoms with van der Waals surface area (Å²) in [6, 6.07) is 17.1. The van der Waals surface area contributed by atoms with E-state index in [9.17, 15) is 4.57 Å². The Kier molecular flexibility index (Phi) is 4.71. The lowest BCUT2D eigenvalue weighted by molar-refractivity contribution is -0.213. The van der Waals surface area contributed by atoms with Crippen LogP contribution in [0.15, 0.2) is 60.7 Å². The van der Waals surface area contributed by atoms with Gasteiger partial charge in [0.05, 0.1) is 12.4 Å². The first-order chi connectivity index (χ1) is 9.24. The van der Waals surface area contributed by atoms with E-state index >= 15 is 0 Å². The summed E-state index contributed by atoms with van der Waals surface area (Å²) in [5, 5.41) is 0.341. The first kappa shape index (κ1) is 13.8. The number of rotatable bonds is 6. The lowest BCUT2D eigenvalue weighted by Gasteiger charge is -2.15. The van der Waals surface area contributed by atoms with Crippen molar-refractivity contribution in [1.29, 1.82) is 0 Å². The zero-order valence-corrected chi connectivity index (χ0v) is 11.2. The predicted octanol–water partition coefficient (Wildman–Crippen LogP) is 3.09. The van der Waals surface area contributed by atoms with Gasteiger partial charge in [-0.25, -0.2) is 9.45 Å². The molecule has 2 aromatic rings. The molecule has 100 valence electrons. The van der Waals surface area contributed by atoms with Crippen molar-refractivity contribution in [3.05, 3.63) is 60.7 Å². The van der Waals surface area contributed by atoms with Crippen LogP contribution in [0.1, 0.15) is 0 Å². The Hall–Kier alpha value is -1.65. The molecule has 0 N–H and O–H groups in total. The first-order valence-corrected chi connectivity index (χ1v) is 7.08. The largest absolute Gasteiger partial charge is 0.424 e. The van der Waals surface area contributed by atoms with Gasteiger partial charge in [-0.1, -0.05) is 41.1 Å². The van der Waals surface area contributed by atoms with Crippen molar-refractivity contribution in [2.75, 3.05) is 7.11 Å². The van der Waals surface area contributed by atoms with Crippen molar-refractivity contribution in [3.8, 4) is 5.75 Å². The Balaban J connectivity index is 2.14. The minimum absolute atomic E-state index is 0.341. The average molecular weight is 280 g/mol. The fourth-order valence-electron chi connectivity index (χ4n) is 1.38. The van der Waals surface area contributed by atoms with Gasteiger partial charge in [0, 0.05) is 0 Å². The SMILES string of the molecule is COOP(=O)(OOc1ccccc1)c1ccccc1. The summed E-state index contributed by atoms with van der Waals surface area (Å²) in [5.41, 5.74) is 0. The van der Waals surface area contributed by atoms with E-state index in [1.807, 2.05) is 6.07 Å². The van der Waals surface area contributed by atoms with Gasteiger partial charge in [0.1, 0.15) is 0 Å². The molecule has 0 amide bonds. The summed E-state index contributed by atoms with van der Waals surface area (Å²) < 4.78 is 22.2. The van der Waals surface area contributed by atoms with Gasteiger partial charge in [-0.3, -0.25) is 0 Å². The van der Waals surface area contributed by atoms with Gasteiger partial charge in [0.2, 0.25) is 0 Å². The summed E-state index contributed by atoms with van der Waals surface area (Å²) in [7, 11) is -2.43. The van der Waals surface area contributed by atoms with Crippen LogP contribution in [0.4, 0.5) is 0 Å². The van der Waals surface area contributed by atoms with Crippen LogP contribution in [0.25, 0.3) is 0 Å². The van der Waals surface area contributed by atoms with Crippen molar-refractivity contribution in [3.63, 3.8) is 0 Å². The molecule has 1 unspecified atom stereocenters. The Morgan fingerprint density at radius 2 is 1.42 bits per heavy atom. The smallest absolute Gasteiger partial charge is 0.329 e. The summed E-state index contributed by atoms with van der Waals surface area (Å²) in [5.74, 6) is 0.415. The van der Waals surface area contributed by atoms with E-state index in [1.54, 1.807) is 54.6 Å². The summed E-state index contributed by atoms with van der Waals surface area (Å²) in [6.45, 7) is 0. The molecule has 0 aliphatic carbocycles. The topological polar surface area (TPSA) is 54.0 Å². The molecule has 2 aromatic carbocycles. The third kappa shape index (κ3) is 3.66. The predicted molar refractivity (Wildman–Crippen MR) is 69.9 cm³/mol. The van der Waals surface area contributed by atoms with E-state index in [1.165, 1.54) is 7.11 Å². The molecule has 2 rings (SSSR count). The molecule has 0 spiro atoms. The maximum atomic E-state index is 12.5. The highest BCUT2D eigenvalue weighted by molar-refractivity contribution is 7.62. The molecular weight excluding hydrogens is 267 g/mol. The van der Waals surface area contributed by atoms with Gasteiger partial charge in [0.25, 0.3) is 0 Å². The second-order valence-corrected chi connectivity index (χ2v) is 5.35. The molecule has 0 heterocycles. The molecule has 0 aromatic heterocycles. The van der Waals surface area contributed by atoms with Crippen LogP contribution in [0.5, 0.6) is 5.75 Å². The third-order valence-corrected chi connectivity index (χ3v) is 3.77. The van der Waals surface area contributed by atoms with Crippen molar-refractivity contribution < 1.29 is 23.7 Å². The molecule has 0 saturated carbocycles. The van der Waals surface area contributed by atoms with E-state index in [4.69, 9.17) is 14.2 Å². The summed E-state index contributed by atoms with van der Waals surface area (Å²) >= 11 is 0. The molecule has 0 radical (unpaired) electrons. The van der Waals surface area contributed by atoms with E-state index in [2.05, 4.69) is 4.89 Å². The van der Waals surface area contributed by atoms with Gasteiger partial charge in [0.15, 0.2) is 5.75 Å². The van der Waals surface area contributed by atoms with E-state index in [0.717, 1.165) is 0 Å². The highest BCUT2D eigenvalue weighted by Crippen LogP contribution is 2.47. The third-order valence-electron chi connectivity index (χ3n) is 2.22. The average Bonchev–Trinajstić information content (AvgIpc) is 2.48. The molecule has 0 bridgehead atoms. The van der Waals surface area contributed by atoms with Crippen molar-refractivity contribution in [1.82, 2.24) is 0 Å². The van der Waals surface area contributed by atoms with Crippen LogP contribution >= 0.6 is 7.60 Å². The lowest BCUT2D eigenvalue weighted by atomic mass is 10.3. The fraction of sp³-hybridized carbons (Fsp3) is 0.0769. The zero-order chi connectivity index (χ0) is 13.6. The first-order valence-electron chi connectivity index (χ1n) is 5.54. The Morgan fingerprint density at radius 3 is 2.00 bits per heavy atom. The molecule has 19 heavy (non-hydrogen) atoms. The molecule has 1 atom stereocenters. The maximum Gasteiger partial charge on any atom is 0.424 e. The molecular formula is C13H13O5P. The number of benzene rings is 2. The number of hydrogen-bond acceptors (Lipinski definition) is 5. The summed E-state index contributed by atoms with van der Waals surface area (Å²) in [4.78, 5) is 9.49. The van der Waals surface area contributed by atoms with Crippen LogP contribution in [0.2, 0.25) is 0 Å². The molecule has 0 aliphatic heterocycles. The van der Waals surface area contributed by atoms with Crippen molar-refractivity contribution >= 4 is 12.9 Å². The second-order valence-electron chi connectivity index (χ2n) is 3.55. The summed E-state index contributed by atoms with van der Waals surface area (Å²) in [6.07, 6.45) is 0. The van der Waals surface area contributed by atoms with E-state index < -0.39 is 7.60 Å². The van der Waals surface area contributed by atoms with Crippen molar-refractivity contribution in [2.24, 2.45) is 0 Å². The maximum absolute atomic E-state index is 12.5. The molecule has 0 fully saturated rings. The van der Waals surface area contributed by atoms with Crippen LogP contribution in [0.3, 0.4) is 0 Å². The quantitative estimate of drug-likeness (QED) is 0.462. The lowest BCUT2D eigenvalue weighted by Crippen LogP contribution is -2.11. The van der Waals surface area contributed by atoms with Gasteiger partial charge in [-0.05, 0) is 24.3 Å². The minimum Gasteiger partial charge on any atom is -0.329 e. The molecule has 6 heteroatoms. The Labute approximate surface area is 111 Å². The van der Waals surface area contributed by atoms with Crippen LogP contribution in [-0.2, 0) is 18.8 Å². The molecule has 5 nitrogen and oxygen atoms in total. The van der Waals surface area contributed by atoms with Crippen LogP contribution < -0.4 is 10.2 Å². The normalized spacial score (nSPS) is 13.7. The molecule has 0 aliphatic rings. The van der Waals surface area contributed by atoms with Gasteiger partial charge in [-0.15, -0.1) is 4.67 Å². The second kappa shape index (κ2) is 6.50. The Bertz CT molecular complexity index is 543. The van der Waals surface area contributed by atoms with Gasteiger partial charge >= 0.3 is 7.60 Å². The monoisotopic (exact) mass is 280 g/mol. The minimum atomic E-state index is -3.68. The highest BCUT2D eigenvalue weighted by atomic mass is 31.2. The van der Waals surface area contributed by atoms with Gasteiger partial charge < -0.3 is 4.89 Å². The van der Waals surface area contributed by atoms with E-state index in [0.29, 0.717) is 11.1 Å². The zero-order valence-electron chi connectivity index (χ0n) is 10.3. The Morgan fingerprint density at radius 1 is 0.842 bits per heavy atom. The van der Waals surface area contributed by atoms with Crippen LogP contribution in [0, 0.1) is 0 Å². The van der Waals surface area contributed by atoms with Crippen molar-refractivity contribution in [2.45, 2.75) is 0 Å². The highest BCUT2D eigenvalue weighted by Gasteiger charge is 2.31. The van der Waals surface area contributed by atoms with E-state index in [-0.39, 0.29) is 0 Å². The van der Waals surface area contributed by atoms with Gasteiger partial charge in [-0.2, -0.15) is 0 Å².